The summed E-state index contributed by atoms with van der Waals surface area (Å²) in [6.45, 7) is 10.5. The molecule has 0 spiro atoms. The second-order valence-electron chi connectivity index (χ2n) is 7.59. The van der Waals surface area contributed by atoms with Gasteiger partial charge in [0.1, 0.15) is 12.1 Å². The molecule has 0 unspecified atom stereocenters. The van der Waals surface area contributed by atoms with Gasteiger partial charge in [-0.25, -0.2) is 9.97 Å². The fourth-order valence-electron chi connectivity index (χ4n) is 3.89. The third kappa shape index (κ3) is 2.11. The average Bonchev–Trinajstić information content (AvgIpc) is 2.91. The maximum absolute atomic E-state index is 4.51. The van der Waals surface area contributed by atoms with E-state index in [0.29, 0.717) is 10.8 Å². The van der Waals surface area contributed by atoms with Crippen LogP contribution >= 0.6 is 0 Å². The zero-order valence-electron chi connectivity index (χ0n) is 13.3. The van der Waals surface area contributed by atoms with Crippen LogP contribution in [0.15, 0.2) is 6.33 Å². The summed E-state index contributed by atoms with van der Waals surface area (Å²) in [7, 11) is 0. The summed E-state index contributed by atoms with van der Waals surface area (Å²) < 4.78 is 0. The average molecular weight is 273 g/mol. The lowest BCUT2D eigenvalue weighted by Gasteiger charge is -2.13. The fourth-order valence-corrected chi connectivity index (χ4v) is 3.89. The lowest BCUT2D eigenvalue weighted by Crippen LogP contribution is -2.12. The first kappa shape index (κ1) is 13.8. The van der Waals surface area contributed by atoms with Gasteiger partial charge in [0.25, 0.3) is 0 Å². The Morgan fingerprint density at radius 2 is 1.75 bits per heavy atom. The van der Waals surface area contributed by atoms with Gasteiger partial charge in [-0.05, 0) is 42.4 Å². The summed E-state index contributed by atoms with van der Waals surface area (Å²) in [5.41, 5.74) is 3.52. The highest BCUT2D eigenvalue weighted by Crippen LogP contribution is 2.68. The number of hydrogen-bond acceptors (Lipinski definition) is 3. The first-order valence-corrected chi connectivity index (χ1v) is 8.01. The van der Waals surface area contributed by atoms with Crippen LogP contribution in [-0.4, -0.2) is 16.5 Å². The molecular weight excluding hydrogens is 246 g/mol. The molecule has 3 rings (SSSR count). The molecule has 1 fully saturated rings. The molecule has 3 nitrogen and oxygen atoms in total. The summed E-state index contributed by atoms with van der Waals surface area (Å²) in [5.74, 6) is 1.82. The van der Waals surface area contributed by atoms with Crippen molar-refractivity contribution in [3.63, 3.8) is 0 Å². The largest absolute Gasteiger partial charge is 0.369 e. The highest BCUT2D eigenvalue weighted by Gasteiger charge is 2.64. The van der Waals surface area contributed by atoms with Gasteiger partial charge in [-0.1, -0.05) is 34.1 Å². The predicted molar refractivity (Wildman–Crippen MR) is 82.8 cm³/mol. The van der Waals surface area contributed by atoms with E-state index in [0.717, 1.165) is 31.1 Å². The zero-order chi connectivity index (χ0) is 14.4. The van der Waals surface area contributed by atoms with Crippen molar-refractivity contribution in [2.45, 2.75) is 59.8 Å². The molecule has 0 aliphatic heterocycles. The van der Waals surface area contributed by atoms with Gasteiger partial charge in [-0.2, -0.15) is 0 Å². The number of nitrogens with zero attached hydrogens (tertiary/aromatic N) is 2. The molecule has 1 aromatic heterocycles. The highest BCUT2D eigenvalue weighted by atomic mass is 15.0. The van der Waals surface area contributed by atoms with E-state index >= 15 is 0 Å². The number of aromatic nitrogens is 2. The lowest BCUT2D eigenvalue weighted by molar-refractivity contribution is 0.457. The zero-order valence-corrected chi connectivity index (χ0v) is 13.3. The maximum Gasteiger partial charge on any atom is 0.132 e. The van der Waals surface area contributed by atoms with Crippen LogP contribution in [0.1, 0.15) is 58.2 Å². The molecule has 20 heavy (non-hydrogen) atoms. The van der Waals surface area contributed by atoms with E-state index in [1.807, 2.05) is 0 Å². The number of anilines is 1. The minimum Gasteiger partial charge on any atom is -0.369 e. The quantitative estimate of drug-likeness (QED) is 0.850. The molecule has 1 N–H and O–H groups in total. The van der Waals surface area contributed by atoms with Crippen molar-refractivity contribution in [2.24, 2.45) is 16.7 Å². The predicted octanol–water partition coefficient (Wildman–Crippen LogP) is 3.84. The van der Waals surface area contributed by atoms with Gasteiger partial charge >= 0.3 is 0 Å². The molecule has 1 heterocycles. The van der Waals surface area contributed by atoms with Crippen molar-refractivity contribution in [1.82, 2.24) is 9.97 Å². The second kappa shape index (κ2) is 4.71. The third-order valence-electron chi connectivity index (χ3n) is 6.17. The molecule has 0 saturated heterocycles. The Labute approximate surface area is 122 Å². The number of fused-ring (bicyclic) bond motifs is 1. The number of aryl methyl sites for hydroxylation is 1. The third-order valence-corrected chi connectivity index (χ3v) is 6.17. The highest BCUT2D eigenvalue weighted by molar-refractivity contribution is 5.47. The molecule has 1 saturated carbocycles. The van der Waals surface area contributed by atoms with Crippen LogP contribution in [0.25, 0.3) is 0 Å². The molecule has 1 aromatic rings. The fraction of sp³-hybridized carbons (Fsp3) is 0.765. The van der Waals surface area contributed by atoms with Crippen LogP contribution in [0.3, 0.4) is 0 Å². The van der Waals surface area contributed by atoms with Crippen molar-refractivity contribution >= 4 is 5.82 Å². The Kier molecular flexibility index (Phi) is 3.26. The maximum atomic E-state index is 4.51. The summed E-state index contributed by atoms with van der Waals surface area (Å²) in [6.07, 6.45) is 7.85. The molecule has 110 valence electrons. The Hall–Kier alpha value is -1.12. The van der Waals surface area contributed by atoms with Gasteiger partial charge in [0.05, 0.1) is 0 Å². The molecule has 0 amide bonds. The van der Waals surface area contributed by atoms with Crippen molar-refractivity contribution in [2.75, 3.05) is 11.9 Å². The topological polar surface area (TPSA) is 37.8 Å². The van der Waals surface area contributed by atoms with Crippen LogP contribution in [0.5, 0.6) is 0 Å². The standard InChI is InChI=1S/C17H27N3/c1-16(2)14(17(16,3)4)10-18-15-12-8-6-5-7-9-13(12)19-11-20-15/h11,14H,5-10H2,1-4H3,(H,18,19,20). The first-order valence-electron chi connectivity index (χ1n) is 8.01. The van der Waals surface area contributed by atoms with E-state index in [4.69, 9.17) is 0 Å². The normalized spacial score (nSPS) is 23.8. The summed E-state index contributed by atoms with van der Waals surface area (Å²) >= 11 is 0. The van der Waals surface area contributed by atoms with Crippen LogP contribution in [0.2, 0.25) is 0 Å². The molecule has 0 bridgehead atoms. The van der Waals surface area contributed by atoms with Gasteiger partial charge in [0.15, 0.2) is 0 Å². The van der Waals surface area contributed by atoms with Gasteiger partial charge in [-0.15, -0.1) is 0 Å². The second-order valence-corrected chi connectivity index (χ2v) is 7.59. The van der Waals surface area contributed by atoms with Crippen LogP contribution in [0.4, 0.5) is 5.82 Å². The van der Waals surface area contributed by atoms with Gasteiger partial charge in [-0.3, -0.25) is 0 Å². The number of nitrogens with one attached hydrogen (secondary N) is 1. The molecular formula is C17H27N3. The Bertz CT molecular complexity index is 491. The minimum atomic E-state index is 0.435. The summed E-state index contributed by atoms with van der Waals surface area (Å²) in [6, 6.07) is 0. The van der Waals surface area contributed by atoms with E-state index < -0.39 is 0 Å². The molecule has 0 radical (unpaired) electrons. The van der Waals surface area contributed by atoms with Gasteiger partial charge in [0, 0.05) is 17.8 Å². The van der Waals surface area contributed by atoms with E-state index in [1.165, 1.54) is 30.5 Å². The minimum absolute atomic E-state index is 0.435. The SMILES string of the molecule is CC1(C)C(CNc2ncnc3c2CCCCC3)C1(C)C. The van der Waals surface area contributed by atoms with Crippen molar-refractivity contribution < 1.29 is 0 Å². The smallest absolute Gasteiger partial charge is 0.132 e. The monoisotopic (exact) mass is 273 g/mol. The molecule has 3 heteroatoms. The molecule has 0 atom stereocenters. The van der Waals surface area contributed by atoms with E-state index in [2.05, 4.69) is 43.0 Å². The lowest BCUT2D eigenvalue weighted by atomic mass is 10.0. The Morgan fingerprint density at radius 3 is 2.45 bits per heavy atom. The van der Waals surface area contributed by atoms with Gasteiger partial charge < -0.3 is 5.32 Å². The van der Waals surface area contributed by atoms with E-state index in [-0.39, 0.29) is 0 Å². The molecule has 0 aromatic carbocycles. The summed E-state index contributed by atoms with van der Waals surface area (Å²) in [5, 5.41) is 3.62. The van der Waals surface area contributed by atoms with Crippen molar-refractivity contribution in [3.05, 3.63) is 17.6 Å². The Balaban J connectivity index is 1.73. The number of rotatable bonds is 3. The van der Waals surface area contributed by atoms with E-state index in [9.17, 15) is 0 Å². The first-order chi connectivity index (χ1) is 9.44. The Morgan fingerprint density at radius 1 is 1.05 bits per heavy atom. The molecule has 2 aliphatic rings. The van der Waals surface area contributed by atoms with Crippen LogP contribution < -0.4 is 5.32 Å². The molecule has 2 aliphatic carbocycles. The van der Waals surface area contributed by atoms with E-state index in [1.54, 1.807) is 6.33 Å². The van der Waals surface area contributed by atoms with Gasteiger partial charge in [0.2, 0.25) is 0 Å². The van der Waals surface area contributed by atoms with Crippen LogP contribution in [0, 0.1) is 16.7 Å². The summed E-state index contributed by atoms with van der Waals surface area (Å²) in [4.78, 5) is 9.00. The number of hydrogen-bond donors (Lipinski definition) is 1. The van der Waals surface area contributed by atoms with Crippen molar-refractivity contribution in [1.29, 1.82) is 0 Å². The van der Waals surface area contributed by atoms with Crippen molar-refractivity contribution in [3.8, 4) is 0 Å². The van der Waals surface area contributed by atoms with Crippen LogP contribution in [-0.2, 0) is 12.8 Å².